The summed E-state index contributed by atoms with van der Waals surface area (Å²) in [5.74, 6) is 0.150. The lowest BCUT2D eigenvalue weighted by Gasteiger charge is -2.22. The van der Waals surface area contributed by atoms with Crippen LogP contribution < -0.4 is 18.1 Å². The first-order chi connectivity index (χ1) is 6.38. The Bertz CT molecular complexity index is 328. The highest BCUT2D eigenvalue weighted by Crippen LogP contribution is 2.07. The molecule has 0 heterocycles. The van der Waals surface area contributed by atoms with Gasteiger partial charge in [0.15, 0.2) is 0 Å². The maximum absolute atomic E-state index is 11.7. The maximum atomic E-state index is 11.7. The number of halogens is 1. The molecule has 0 aromatic heterocycles. The van der Waals surface area contributed by atoms with Crippen molar-refractivity contribution in [1.82, 2.24) is 0 Å². The Balaban J connectivity index is 0. The minimum absolute atomic E-state index is 0. The number of nitrogens with two attached hydrogens (primary N) is 1. The van der Waals surface area contributed by atoms with E-state index in [0.717, 1.165) is 5.56 Å². The molecule has 0 saturated heterocycles. The SMILES string of the molecule is C.C[N+](C)(C)CC(=O)c1ccc(N)cc1.[Cl-]. The lowest BCUT2D eigenvalue weighted by atomic mass is 10.1. The van der Waals surface area contributed by atoms with Crippen LogP contribution in [0.1, 0.15) is 17.8 Å². The second kappa shape index (κ2) is 6.51. The molecule has 0 saturated carbocycles. The van der Waals surface area contributed by atoms with Gasteiger partial charge in [0.2, 0.25) is 5.78 Å². The number of Topliss-reactive ketones (excluding diaryl/α,β-unsaturated/α-hetero) is 1. The average molecular weight is 245 g/mol. The van der Waals surface area contributed by atoms with E-state index in [1.54, 1.807) is 24.3 Å². The molecule has 0 radical (unpaired) electrons. The van der Waals surface area contributed by atoms with Gasteiger partial charge in [0.1, 0.15) is 6.54 Å². The van der Waals surface area contributed by atoms with E-state index in [1.807, 2.05) is 21.1 Å². The summed E-state index contributed by atoms with van der Waals surface area (Å²) in [6.07, 6.45) is 0. The smallest absolute Gasteiger partial charge is 0.216 e. The van der Waals surface area contributed by atoms with Crippen LogP contribution in [0.3, 0.4) is 0 Å². The fourth-order valence-corrected chi connectivity index (χ4v) is 1.19. The fraction of sp³-hybridized carbons (Fsp3) is 0.417. The minimum atomic E-state index is 0. The monoisotopic (exact) mass is 244 g/mol. The summed E-state index contributed by atoms with van der Waals surface area (Å²) in [6, 6.07) is 7.05. The van der Waals surface area contributed by atoms with Crippen LogP contribution in [-0.4, -0.2) is 38.0 Å². The quantitative estimate of drug-likeness (QED) is 0.412. The topological polar surface area (TPSA) is 43.1 Å². The van der Waals surface area contributed by atoms with Crippen molar-refractivity contribution in [1.29, 1.82) is 0 Å². The number of benzene rings is 1. The lowest BCUT2D eigenvalue weighted by Crippen LogP contribution is -3.00. The average Bonchev–Trinajstić information content (AvgIpc) is 2.02. The first kappa shape index (κ1) is 17.3. The van der Waals surface area contributed by atoms with Crippen LogP contribution >= 0.6 is 0 Å². The molecular formula is C12H21ClN2O. The maximum Gasteiger partial charge on any atom is 0.216 e. The summed E-state index contributed by atoms with van der Waals surface area (Å²) in [5, 5.41) is 0. The van der Waals surface area contributed by atoms with E-state index in [-0.39, 0.29) is 25.6 Å². The van der Waals surface area contributed by atoms with Crippen molar-refractivity contribution in [2.75, 3.05) is 33.4 Å². The van der Waals surface area contributed by atoms with Gasteiger partial charge in [-0.1, -0.05) is 7.43 Å². The van der Waals surface area contributed by atoms with E-state index in [9.17, 15) is 4.79 Å². The van der Waals surface area contributed by atoms with Gasteiger partial charge < -0.3 is 22.6 Å². The molecular weight excluding hydrogens is 224 g/mol. The third-order valence-electron chi connectivity index (χ3n) is 1.85. The molecule has 1 aromatic carbocycles. The van der Waals surface area contributed by atoms with Gasteiger partial charge in [-0.3, -0.25) is 4.79 Å². The number of nitrogen functional groups attached to an aromatic ring is 1. The number of hydrogen-bond acceptors (Lipinski definition) is 2. The molecule has 0 aliphatic heterocycles. The third-order valence-corrected chi connectivity index (χ3v) is 1.85. The molecule has 3 nitrogen and oxygen atoms in total. The number of hydrogen-bond donors (Lipinski definition) is 1. The second-order valence-electron chi connectivity index (χ2n) is 4.49. The Morgan fingerprint density at radius 3 is 2.00 bits per heavy atom. The molecule has 0 unspecified atom stereocenters. The molecule has 1 rings (SSSR count). The molecule has 0 bridgehead atoms. The first-order valence-electron chi connectivity index (χ1n) is 4.58. The molecule has 0 fully saturated rings. The molecule has 0 aliphatic rings. The standard InChI is InChI=1S/C11H16N2O.CH4.ClH/c1-13(2,3)8-11(14)9-4-6-10(12)7-5-9;;/h4-7H,8H2,1-3H3,(H-,12,14);1H4;1H. The van der Waals surface area contributed by atoms with Crippen molar-refractivity contribution in [3.05, 3.63) is 29.8 Å². The Labute approximate surface area is 104 Å². The largest absolute Gasteiger partial charge is 1.00 e. The molecule has 0 amide bonds. The van der Waals surface area contributed by atoms with Crippen molar-refractivity contribution in [3.63, 3.8) is 0 Å². The predicted molar refractivity (Wildman–Crippen MR) is 64.8 cm³/mol. The zero-order chi connectivity index (χ0) is 10.8. The molecule has 0 spiro atoms. The number of nitrogens with zero attached hydrogens (tertiary/aromatic N) is 1. The number of carbonyl (C=O) groups is 1. The van der Waals surface area contributed by atoms with Crippen molar-refractivity contribution >= 4 is 11.5 Å². The fourth-order valence-electron chi connectivity index (χ4n) is 1.19. The molecule has 0 aliphatic carbocycles. The van der Waals surface area contributed by atoms with E-state index in [4.69, 9.17) is 5.73 Å². The number of likely N-dealkylation sites (N-methyl/N-ethyl adjacent to an activating group) is 1. The lowest BCUT2D eigenvalue weighted by molar-refractivity contribution is -0.861. The predicted octanol–water partition coefficient (Wildman–Crippen LogP) is -1.20. The van der Waals surface area contributed by atoms with E-state index >= 15 is 0 Å². The minimum Gasteiger partial charge on any atom is -1.00 e. The molecule has 16 heavy (non-hydrogen) atoms. The third kappa shape index (κ3) is 5.73. The van der Waals surface area contributed by atoms with Gasteiger partial charge in [-0.05, 0) is 24.3 Å². The zero-order valence-corrected chi connectivity index (χ0v) is 10.1. The van der Waals surface area contributed by atoms with Crippen LogP contribution in [0.4, 0.5) is 5.69 Å². The van der Waals surface area contributed by atoms with Crippen molar-refractivity contribution in [2.24, 2.45) is 0 Å². The van der Waals surface area contributed by atoms with Gasteiger partial charge in [-0.25, -0.2) is 0 Å². The van der Waals surface area contributed by atoms with Gasteiger partial charge in [0, 0.05) is 11.3 Å². The highest BCUT2D eigenvalue weighted by molar-refractivity contribution is 5.97. The van der Waals surface area contributed by atoms with Gasteiger partial charge in [-0.15, -0.1) is 0 Å². The van der Waals surface area contributed by atoms with Crippen LogP contribution in [0.5, 0.6) is 0 Å². The Morgan fingerprint density at radius 1 is 1.19 bits per heavy atom. The Kier molecular flexibility index (Phi) is 7.05. The second-order valence-corrected chi connectivity index (χ2v) is 4.49. The Hall–Kier alpha value is -1.06. The molecule has 92 valence electrons. The summed E-state index contributed by atoms with van der Waals surface area (Å²) < 4.78 is 0.642. The summed E-state index contributed by atoms with van der Waals surface area (Å²) in [6.45, 7) is 0.504. The number of ketones is 1. The number of carbonyl (C=O) groups excluding carboxylic acids is 1. The zero-order valence-electron chi connectivity index (χ0n) is 9.33. The molecule has 4 heteroatoms. The van der Waals surface area contributed by atoms with Gasteiger partial charge in [0.05, 0.1) is 21.1 Å². The van der Waals surface area contributed by atoms with Crippen molar-refractivity contribution in [2.45, 2.75) is 7.43 Å². The number of anilines is 1. The van der Waals surface area contributed by atoms with Crippen molar-refractivity contribution in [3.8, 4) is 0 Å². The first-order valence-corrected chi connectivity index (χ1v) is 4.58. The van der Waals surface area contributed by atoms with Gasteiger partial charge in [-0.2, -0.15) is 0 Å². The van der Waals surface area contributed by atoms with Gasteiger partial charge in [0.25, 0.3) is 0 Å². The van der Waals surface area contributed by atoms with Crippen LogP contribution in [0.15, 0.2) is 24.3 Å². The van der Waals surface area contributed by atoms with E-state index < -0.39 is 0 Å². The molecule has 2 N–H and O–H groups in total. The van der Waals surface area contributed by atoms with Crippen LogP contribution in [-0.2, 0) is 0 Å². The van der Waals surface area contributed by atoms with Crippen LogP contribution in [0.2, 0.25) is 0 Å². The summed E-state index contributed by atoms with van der Waals surface area (Å²) >= 11 is 0. The molecule has 0 atom stereocenters. The van der Waals surface area contributed by atoms with Crippen LogP contribution in [0.25, 0.3) is 0 Å². The van der Waals surface area contributed by atoms with Crippen LogP contribution in [0, 0.1) is 0 Å². The van der Waals surface area contributed by atoms with E-state index in [1.165, 1.54) is 0 Å². The number of quaternary nitrogens is 1. The summed E-state index contributed by atoms with van der Waals surface area (Å²) in [5.41, 5.74) is 6.95. The number of rotatable bonds is 3. The summed E-state index contributed by atoms with van der Waals surface area (Å²) in [4.78, 5) is 11.7. The Morgan fingerprint density at radius 2 is 1.62 bits per heavy atom. The van der Waals surface area contributed by atoms with Gasteiger partial charge >= 0.3 is 0 Å². The van der Waals surface area contributed by atoms with Crippen molar-refractivity contribution < 1.29 is 21.7 Å². The summed E-state index contributed by atoms with van der Waals surface area (Å²) in [7, 11) is 5.99. The normalized spacial score (nSPS) is 9.94. The highest BCUT2D eigenvalue weighted by Gasteiger charge is 2.15. The van der Waals surface area contributed by atoms with E-state index in [2.05, 4.69) is 0 Å². The molecule has 1 aromatic rings. The van der Waals surface area contributed by atoms with E-state index in [0.29, 0.717) is 16.7 Å². The highest BCUT2D eigenvalue weighted by atomic mass is 35.5.